The SMILES string of the molecule is CC(C)(C)c1ccc(NS(=O)(=O)c2ccc(N3CCOCC3=O)cc2)cc1. The van der Waals surface area contributed by atoms with Crippen molar-refractivity contribution in [1.82, 2.24) is 0 Å². The summed E-state index contributed by atoms with van der Waals surface area (Å²) >= 11 is 0. The van der Waals surface area contributed by atoms with Gasteiger partial charge in [-0.15, -0.1) is 0 Å². The van der Waals surface area contributed by atoms with Crippen molar-refractivity contribution in [2.24, 2.45) is 0 Å². The van der Waals surface area contributed by atoms with E-state index in [2.05, 4.69) is 25.5 Å². The van der Waals surface area contributed by atoms with E-state index >= 15 is 0 Å². The maximum atomic E-state index is 12.6. The Morgan fingerprint density at radius 2 is 1.63 bits per heavy atom. The zero-order valence-corrected chi connectivity index (χ0v) is 16.5. The number of sulfonamides is 1. The quantitative estimate of drug-likeness (QED) is 0.873. The molecule has 0 bridgehead atoms. The number of carbonyl (C=O) groups is 1. The summed E-state index contributed by atoms with van der Waals surface area (Å²) in [5, 5.41) is 0. The Morgan fingerprint density at radius 1 is 1.00 bits per heavy atom. The molecule has 1 heterocycles. The topological polar surface area (TPSA) is 75.7 Å². The molecule has 0 aromatic heterocycles. The molecule has 3 rings (SSSR count). The number of amides is 1. The summed E-state index contributed by atoms with van der Waals surface area (Å²) in [5.41, 5.74) is 2.31. The number of ether oxygens (including phenoxy) is 1. The molecular formula is C20H24N2O4S. The molecule has 0 spiro atoms. The van der Waals surface area contributed by atoms with Crippen LogP contribution in [0.15, 0.2) is 53.4 Å². The molecule has 7 heteroatoms. The van der Waals surface area contributed by atoms with Gasteiger partial charge >= 0.3 is 0 Å². The standard InChI is InChI=1S/C20H24N2O4S/c1-20(2,3)15-4-6-16(7-5-15)21-27(24,25)18-10-8-17(9-11-18)22-12-13-26-14-19(22)23/h4-11,21H,12-14H2,1-3H3. The molecule has 1 saturated heterocycles. The highest BCUT2D eigenvalue weighted by Gasteiger charge is 2.21. The maximum absolute atomic E-state index is 12.6. The molecule has 0 atom stereocenters. The molecule has 6 nitrogen and oxygen atoms in total. The number of morpholine rings is 1. The molecule has 1 amide bonds. The fraction of sp³-hybridized carbons (Fsp3) is 0.350. The average Bonchev–Trinajstić information content (AvgIpc) is 2.62. The molecule has 2 aromatic rings. The van der Waals surface area contributed by atoms with Gasteiger partial charge in [0.15, 0.2) is 0 Å². The molecule has 1 N–H and O–H groups in total. The normalized spacial score (nSPS) is 15.7. The maximum Gasteiger partial charge on any atom is 0.261 e. The minimum Gasteiger partial charge on any atom is -0.370 e. The van der Waals surface area contributed by atoms with Crippen LogP contribution in [-0.4, -0.2) is 34.1 Å². The first-order valence-corrected chi connectivity index (χ1v) is 10.3. The van der Waals surface area contributed by atoms with Gasteiger partial charge in [-0.3, -0.25) is 9.52 Å². The van der Waals surface area contributed by atoms with Crippen LogP contribution in [0.1, 0.15) is 26.3 Å². The largest absolute Gasteiger partial charge is 0.370 e. The van der Waals surface area contributed by atoms with Gasteiger partial charge in [-0.1, -0.05) is 32.9 Å². The van der Waals surface area contributed by atoms with Crippen LogP contribution in [0.3, 0.4) is 0 Å². The minimum absolute atomic E-state index is 0.00413. The predicted molar refractivity (Wildman–Crippen MR) is 106 cm³/mol. The van der Waals surface area contributed by atoms with Gasteiger partial charge in [0.25, 0.3) is 15.9 Å². The van der Waals surface area contributed by atoms with E-state index < -0.39 is 10.0 Å². The first-order chi connectivity index (χ1) is 12.7. The van der Waals surface area contributed by atoms with Crippen molar-refractivity contribution < 1.29 is 17.9 Å². The fourth-order valence-corrected chi connectivity index (χ4v) is 3.91. The Kier molecular flexibility index (Phi) is 5.26. The number of rotatable bonds is 4. The smallest absolute Gasteiger partial charge is 0.261 e. The molecule has 2 aromatic carbocycles. The van der Waals surface area contributed by atoms with Crippen molar-refractivity contribution in [2.45, 2.75) is 31.1 Å². The molecule has 1 fully saturated rings. The third-order valence-corrected chi connectivity index (χ3v) is 5.84. The van der Waals surface area contributed by atoms with Gasteiger partial charge in [-0.2, -0.15) is 0 Å². The number of hydrogen-bond donors (Lipinski definition) is 1. The summed E-state index contributed by atoms with van der Waals surface area (Å²) in [6, 6.07) is 13.7. The van der Waals surface area contributed by atoms with Crippen molar-refractivity contribution in [3.05, 3.63) is 54.1 Å². The van der Waals surface area contributed by atoms with Gasteiger partial charge in [0.05, 0.1) is 11.5 Å². The molecule has 27 heavy (non-hydrogen) atoms. The Hall–Kier alpha value is -2.38. The highest BCUT2D eigenvalue weighted by atomic mass is 32.2. The van der Waals surface area contributed by atoms with Crippen molar-refractivity contribution in [3.8, 4) is 0 Å². The number of anilines is 2. The summed E-state index contributed by atoms with van der Waals surface area (Å²) in [6.07, 6.45) is 0. The predicted octanol–water partition coefficient (Wildman–Crippen LogP) is 3.15. The minimum atomic E-state index is -3.70. The second kappa shape index (κ2) is 7.32. The third-order valence-electron chi connectivity index (χ3n) is 4.45. The Balaban J connectivity index is 1.76. The lowest BCUT2D eigenvalue weighted by atomic mass is 9.87. The van der Waals surface area contributed by atoms with Crippen molar-refractivity contribution in [1.29, 1.82) is 0 Å². The van der Waals surface area contributed by atoms with Crippen LogP contribution in [-0.2, 0) is 25.0 Å². The van der Waals surface area contributed by atoms with Crippen LogP contribution < -0.4 is 9.62 Å². The third kappa shape index (κ3) is 4.48. The summed E-state index contributed by atoms with van der Waals surface area (Å²) in [6.45, 7) is 7.29. The van der Waals surface area contributed by atoms with E-state index in [1.807, 2.05) is 12.1 Å². The van der Waals surface area contributed by atoms with Crippen molar-refractivity contribution >= 4 is 27.3 Å². The molecule has 144 valence electrons. The number of benzene rings is 2. The first-order valence-electron chi connectivity index (χ1n) is 8.78. The second-order valence-corrected chi connectivity index (χ2v) is 9.21. The molecule has 1 aliphatic rings. The van der Waals surface area contributed by atoms with Crippen molar-refractivity contribution in [3.63, 3.8) is 0 Å². The van der Waals surface area contributed by atoms with Gasteiger partial charge in [0.1, 0.15) is 6.61 Å². The van der Waals surface area contributed by atoms with E-state index in [0.29, 0.717) is 24.5 Å². The van der Waals surface area contributed by atoms with Crippen LogP contribution >= 0.6 is 0 Å². The van der Waals surface area contributed by atoms with Crippen LogP contribution in [0.2, 0.25) is 0 Å². The fourth-order valence-electron chi connectivity index (χ4n) is 2.85. The lowest BCUT2D eigenvalue weighted by Gasteiger charge is -2.26. The van der Waals surface area contributed by atoms with Crippen LogP contribution in [0, 0.1) is 0 Å². The molecule has 0 radical (unpaired) electrons. The van der Waals surface area contributed by atoms with Crippen LogP contribution in [0.4, 0.5) is 11.4 Å². The van der Waals surface area contributed by atoms with E-state index in [0.717, 1.165) is 5.56 Å². The van der Waals surface area contributed by atoms with Crippen LogP contribution in [0.5, 0.6) is 0 Å². The zero-order chi connectivity index (χ0) is 19.7. The summed E-state index contributed by atoms with van der Waals surface area (Å²) < 4.78 is 33.0. The summed E-state index contributed by atoms with van der Waals surface area (Å²) in [4.78, 5) is 13.6. The zero-order valence-electron chi connectivity index (χ0n) is 15.7. The van der Waals surface area contributed by atoms with E-state index in [1.54, 1.807) is 29.2 Å². The first kappa shape index (κ1) is 19.4. The highest BCUT2D eigenvalue weighted by molar-refractivity contribution is 7.92. The molecule has 0 aliphatic carbocycles. The lowest BCUT2D eigenvalue weighted by Crippen LogP contribution is -2.41. The number of nitrogens with zero attached hydrogens (tertiary/aromatic N) is 1. The average molecular weight is 388 g/mol. The van der Waals surface area contributed by atoms with E-state index in [4.69, 9.17) is 4.74 Å². The molecule has 0 saturated carbocycles. The van der Waals surface area contributed by atoms with E-state index in [-0.39, 0.29) is 22.8 Å². The van der Waals surface area contributed by atoms with Gasteiger partial charge in [0, 0.05) is 17.9 Å². The summed E-state index contributed by atoms with van der Waals surface area (Å²) in [7, 11) is -3.70. The second-order valence-electron chi connectivity index (χ2n) is 7.52. The van der Waals surface area contributed by atoms with Gasteiger partial charge < -0.3 is 9.64 Å². The number of hydrogen-bond acceptors (Lipinski definition) is 4. The van der Waals surface area contributed by atoms with Gasteiger partial charge in [0.2, 0.25) is 0 Å². The molecule has 0 unspecified atom stereocenters. The van der Waals surface area contributed by atoms with Gasteiger partial charge in [-0.25, -0.2) is 8.42 Å². The van der Waals surface area contributed by atoms with Crippen LogP contribution in [0.25, 0.3) is 0 Å². The number of carbonyl (C=O) groups excluding carboxylic acids is 1. The monoisotopic (exact) mass is 388 g/mol. The Bertz CT molecular complexity index is 914. The Labute approximate surface area is 160 Å². The molecule has 1 aliphatic heterocycles. The van der Waals surface area contributed by atoms with E-state index in [1.165, 1.54) is 12.1 Å². The van der Waals surface area contributed by atoms with E-state index in [9.17, 15) is 13.2 Å². The highest BCUT2D eigenvalue weighted by Crippen LogP contribution is 2.25. The summed E-state index contributed by atoms with van der Waals surface area (Å²) in [5.74, 6) is -0.131. The number of nitrogens with one attached hydrogen (secondary N) is 1. The Morgan fingerprint density at radius 3 is 2.19 bits per heavy atom. The lowest BCUT2D eigenvalue weighted by molar-refractivity contribution is -0.125. The van der Waals surface area contributed by atoms with Crippen molar-refractivity contribution in [2.75, 3.05) is 29.4 Å². The molecular weight excluding hydrogens is 364 g/mol. The van der Waals surface area contributed by atoms with Gasteiger partial charge in [-0.05, 0) is 47.4 Å².